The summed E-state index contributed by atoms with van der Waals surface area (Å²) in [7, 11) is 0. The second kappa shape index (κ2) is 9.51. The predicted molar refractivity (Wildman–Crippen MR) is 189 cm³/mol. The number of aromatic nitrogens is 2. The van der Waals surface area contributed by atoms with E-state index in [0.29, 0.717) is 5.52 Å². The van der Waals surface area contributed by atoms with Crippen LogP contribution in [0.2, 0.25) is 0 Å². The Hall–Kier alpha value is -5.47. The topological polar surface area (TPSA) is 17.8 Å². The third kappa shape index (κ3) is 3.72. The Labute approximate surface area is 267 Å². The summed E-state index contributed by atoms with van der Waals surface area (Å²) in [5.41, 5.74) is 12.2. The lowest BCUT2D eigenvalue weighted by Crippen LogP contribution is -2.14. The van der Waals surface area contributed by atoms with Gasteiger partial charge in [-0.1, -0.05) is 123 Å². The molecular formula is C43H32N2. The van der Waals surface area contributed by atoms with Crippen molar-refractivity contribution in [3.63, 3.8) is 0 Å². The van der Waals surface area contributed by atoms with Crippen molar-refractivity contribution >= 4 is 32.6 Å². The normalized spacial score (nSPS) is 14.7. The van der Waals surface area contributed by atoms with Gasteiger partial charge in [-0.25, -0.2) is 4.98 Å². The zero-order valence-electron chi connectivity index (χ0n) is 28.2. The van der Waals surface area contributed by atoms with Crippen LogP contribution in [0.4, 0.5) is 0 Å². The molecule has 2 nitrogen and oxygen atoms in total. The highest BCUT2D eigenvalue weighted by molar-refractivity contribution is 6.21. The molecule has 0 saturated heterocycles. The molecule has 1 aliphatic carbocycles. The van der Waals surface area contributed by atoms with E-state index in [1.165, 1.54) is 54.9 Å². The van der Waals surface area contributed by atoms with E-state index >= 15 is 0 Å². The van der Waals surface area contributed by atoms with Crippen molar-refractivity contribution in [1.29, 1.82) is 0 Å². The largest absolute Gasteiger partial charge is 0.297 e. The van der Waals surface area contributed by atoms with Crippen LogP contribution in [-0.4, -0.2) is 9.55 Å². The summed E-state index contributed by atoms with van der Waals surface area (Å²) < 4.78 is 26.3. The van der Waals surface area contributed by atoms with Gasteiger partial charge in [0.1, 0.15) is 5.82 Å². The first kappa shape index (κ1) is 23.0. The zero-order chi connectivity index (χ0) is 32.8. The predicted octanol–water partition coefficient (Wildman–Crippen LogP) is 11.3. The fourth-order valence-corrected chi connectivity index (χ4v) is 7.67. The maximum Gasteiger partial charge on any atom is 0.111 e. The number of benzene rings is 7. The van der Waals surface area contributed by atoms with Gasteiger partial charge in [0.15, 0.2) is 0 Å². The average Bonchev–Trinajstić information content (AvgIpc) is 3.61. The Kier molecular flexibility index (Phi) is 4.86. The van der Waals surface area contributed by atoms with Gasteiger partial charge in [0.05, 0.1) is 11.0 Å². The second-order valence-corrected chi connectivity index (χ2v) is 12.6. The Bertz CT molecular complexity index is 2520. The SMILES string of the molecule is [2H]C([2H])([2H])c1nc2ccccc2n1-c1ccc(-c2c3ccccc3c(-c3ccc4c(c3)C(C)(C)c3ccccc3-4)c3ccccc23)cc1. The maximum atomic E-state index is 8.19. The lowest BCUT2D eigenvalue weighted by Gasteiger charge is -2.23. The van der Waals surface area contributed by atoms with E-state index in [0.717, 1.165) is 22.3 Å². The molecule has 45 heavy (non-hydrogen) atoms. The van der Waals surface area contributed by atoms with Crippen molar-refractivity contribution < 1.29 is 4.11 Å². The van der Waals surface area contributed by atoms with E-state index < -0.39 is 6.85 Å². The van der Waals surface area contributed by atoms with Crippen LogP contribution in [0.5, 0.6) is 0 Å². The smallest absolute Gasteiger partial charge is 0.111 e. The second-order valence-electron chi connectivity index (χ2n) is 12.6. The van der Waals surface area contributed by atoms with Crippen LogP contribution in [0.15, 0.2) is 140 Å². The molecule has 8 aromatic rings. The Balaban J connectivity index is 1.24. The fourth-order valence-electron chi connectivity index (χ4n) is 7.67. The molecule has 7 aromatic carbocycles. The maximum absolute atomic E-state index is 8.19. The van der Waals surface area contributed by atoms with E-state index in [1.54, 1.807) is 4.57 Å². The molecule has 1 aromatic heterocycles. The average molecular weight is 580 g/mol. The highest BCUT2D eigenvalue weighted by atomic mass is 15.1. The first-order valence-electron chi connectivity index (χ1n) is 17.0. The van der Waals surface area contributed by atoms with Crippen molar-refractivity contribution in [1.82, 2.24) is 9.55 Å². The van der Waals surface area contributed by atoms with Gasteiger partial charge in [-0.3, -0.25) is 4.57 Å². The van der Waals surface area contributed by atoms with Crippen LogP contribution in [-0.2, 0) is 5.41 Å². The molecule has 1 heterocycles. The molecule has 0 fully saturated rings. The number of hydrogen-bond acceptors (Lipinski definition) is 1. The molecule has 0 N–H and O–H groups in total. The third-order valence-electron chi connectivity index (χ3n) is 9.78. The van der Waals surface area contributed by atoms with Gasteiger partial charge >= 0.3 is 0 Å². The minimum absolute atomic E-state index is 0.0670. The number of rotatable bonds is 3. The molecule has 0 unspecified atom stereocenters. The number of para-hydroxylation sites is 2. The summed E-state index contributed by atoms with van der Waals surface area (Å²) >= 11 is 0. The number of fused-ring (bicyclic) bond motifs is 6. The van der Waals surface area contributed by atoms with Gasteiger partial charge in [0.2, 0.25) is 0 Å². The van der Waals surface area contributed by atoms with Crippen molar-refractivity contribution in [3.05, 3.63) is 156 Å². The molecule has 0 bridgehead atoms. The standard InChI is InChI=1S/C43H32N2/c1-27-44-39-18-10-11-19-40(39)45(27)30-23-20-28(21-24-30)41-33-13-4-6-15-35(33)42(36-16-7-5-14-34(36)41)29-22-25-32-31-12-8-9-17-37(31)43(2,3)38(32)26-29/h4-26H,1-3H3/i1D3. The van der Waals surface area contributed by atoms with Gasteiger partial charge in [-0.05, 0) is 103 Å². The molecule has 9 rings (SSSR count). The van der Waals surface area contributed by atoms with Gasteiger partial charge < -0.3 is 0 Å². The highest BCUT2D eigenvalue weighted by Crippen LogP contribution is 2.51. The number of aryl methyl sites for hydroxylation is 1. The molecule has 0 amide bonds. The number of nitrogens with zero attached hydrogens (tertiary/aromatic N) is 2. The van der Waals surface area contributed by atoms with Crippen LogP contribution in [0.3, 0.4) is 0 Å². The summed E-state index contributed by atoms with van der Waals surface area (Å²) in [5.74, 6) is 0.0670. The van der Waals surface area contributed by atoms with Crippen LogP contribution >= 0.6 is 0 Å². The quantitative estimate of drug-likeness (QED) is 0.190. The molecular weight excluding hydrogens is 544 g/mol. The third-order valence-corrected chi connectivity index (χ3v) is 9.78. The molecule has 2 heteroatoms. The lowest BCUT2D eigenvalue weighted by atomic mass is 9.80. The van der Waals surface area contributed by atoms with Crippen LogP contribution in [0.25, 0.3) is 71.6 Å². The molecule has 0 saturated carbocycles. The summed E-state index contributed by atoms with van der Waals surface area (Å²) in [5, 5.41) is 4.76. The Morgan fingerprint density at radius 2 is 1.11 bits per heavy atom. The Morgan fingerprint density at radius 1 is 0.556 bits per heavy atom. The van der Waals surface area contributed by atoms with E-state index in [9.17, 15) is 0 Å². The van der Waals surface area contributed by atoms with E-state index in [4.69, 9.17) is 4.11 Å². The monoisotopic (exact) mass is 579 g/mol. The van der Waals surface area contributed by atoms with Gasteiger partial charge in [-0.15, -0.1) is 0 Å². The number of hydrogen-bond donors (Lipinski definition) is 0. The number of imidazole rings is 1. The van der Waals surface area contributed by atoms with Gasteiger partial charge in [0, 0.05) is 15.2 Å². The molecule has 0 spiro atoms. The minimum Gasteiger partial charge on any atom is -0.297 e. The molecule has 214 valence electrons. The summed E-state index contributed by atoms with van der Waals surface area (Å²) in [6.45, 7) is 2.31. The van der Waals surface area contributed by atoms with Crippen molar-refractivity contribution in [2.75, 3.05) is 0 Å². The first-order valence-corrected chi connectivity index (χ1v) is 15.5. The fraction of sp³-hybridized carbons (Fsp3) is 0.0930. The Morgan fingerprint density at radius 3 is 1.80 bits per heavy atom. The zero-order valence-corrected chi connectivity index (χ0v) is 25.2. The van der Waals surface area contributed by atoms with Crippen molar-refractivity contribution in [2.24, 2.45) is 0 Å². The summed E-state index contributed by atoms with van der Waals surface area (Å²) in [6, 6.07) is 49.0. The molecule has 1 aliphatic rings. The summed E-state index contributed by atoms with van der Waals surface area (Å²) in [4.78, 5) is 4.50. The molecule has 0 aliphatic heterocycles. The molecule has 0 atom stereocenters. The first-order chi connectivity index (χ1) is 23.2. The van der Waals surface area contributed by atoms with Gasteiger partial charge in [0.25, 0.3) is 0 Å². The van der Waals surface area contributed by atoms with Crippen LogP contribution in [0, 0.1) is 6.85 Å². The summed E-state index contributed by atoms with van der Waals surface area (Å²) in [6.07, 6.45) is 0. The van der Waals surface area contributed by atoms with E-state index in [1.807, 2.05) is 36.4 Å². The minimum atomic E-state index is -2.35. The highest BCUT2D eigenvalue weighted by Gasteiger charge is 2.35. The van der Waals surface area contributed by atoms with Crippen LogP contribution in [0.1, 0.15) is 34.9 Å². The lowest BCUT2D eigenvalue weighted by molar-refractivity contribution is 0.660. The van der Waals surface area contributed by atoms with Crippen molar-refractivity contribution in [2.45, 2.75) is 26.1 Å². The molecule has 0 radical (unpaired) electrons. The van der Waals surface area contributed by atoms with Crippen LogP contribution < -0.4 is 0 Å². The van der Waals surface area contributed by atoms with Gasteiger partial charge in [-0.2, -0.15) is 0 Å². The van der Waals surface area contributed by atoms with E-state index in [-0.39, 0.29) is 11.2 Å². The van der Waals surface area contributed by atoms with E-state index in [2.05, 4.69) is 122 Å². The van der Waals surface area contributed by atoms with Crippen molar-refractivity contribution in [3.8, 4) is 39.1 Å².